The van der Waals surface area contributed by atoms with Gasteiger partial charge in [-0.05, 0) is 36.8 Å². The SMILES string of the molecule is Cc1cc(N)c(S(=O)(=O)O)cc1N=Nc1ccccc1S(=O)(=O)O. The molecule has 0 unspecified atom stereocenters. The maximum Gasteiger partial charge on any atom is 0.296 e. The van der Waals surface area contributed by atoms with Crippen molar-refractivity contribution in [1.29, 1.82) is 0 Å². The monoisotopic (exact) mass is 371 g/mol. The fourth-order valence-corrected chi connectivity index (χ4v) is 3.14. The van der Waals surface area contributed by atoms with Crippen LogP contribution in [0.15, 0.2) is 56.4 Å². The molecule has 4 N–H and O–H groups in total. The average molecular weight is 371 g/mol. The normalized spacial score (nSPS) is 12.6. The first-order valence-electron chi connectivity index (χ1n) is 6.36. The molecular formula is C13H13N3O6S2. The lowest BCUT2D eigenvalue weighted by Gasteiger charge is -2.06. The number of nitrogens with zero attached hydrogens (tertiary/aromatic N) is 2. The fourth-order valence-electron chi connectivity index (χ4n) is 1.90. The summed E-state index contributed by atoms with van der Waals surface area (Å²) in [6, 6.07) is 7.63. The standard InChI is InChI=1S/C13H13N3O6S2/c1-8-6-9(14)13(24(20,21)22)7-11(8)16-15-10-4-2-3-5-12(10)23(17,18)19/h2-7H,14H2,1H3,(H,17,18,19)(H,20,21,22). The Morgan fingerprint density at radius 2 is 1.42 bits per heavy atom. The molecule has 9 nitrogen and oxygen atoms in total. The van der Waals surface area contributed by atoms with Gasteiger partial charge in [-0.15, -0.1) is 5.11 Å². The highest BCUT2D eigenvalue weighted by Crippen LogP contribution is 2.31. The second kappa shape index (κ2) is 6.28. The number of hydrogen-bond donors (Lipinski definition) is 3. The summed E-state index contributed by atoms with van der Waals surface area (Å²) < 4.78 is 63.4. The van der Waals surface area contributed by atoms with E-state index in [1.165, 1.54) is 24.3 Å². The molecule has 0 bridgehead atoms. The number of nitrogens with two attached hydrogens (primary N) is 1. The van der Waals surface area contributed by atoms with Crippen LogP contribution in [0.2, 0.25) is 0 Å². The minimum absolute atomic E-state index is 0.0574. The van der Waals surface area contributed by atoms with Crippen LogP contribution in [0.5, 0.6) is 0 Å². The predicted octanol–water partition coefficient (Wildman–Crippen LogP) is 2.49. The van der Waals surface area contributed by atoms with Crippen LogP contribution in [0, 0.1) is 6.92 Å². The number of anilines is 1. The van der Waals surface area contributed by atoms with Gasteiger partial charge in [-0.25, -0.2) is 0 Å². The van der Waals surface area contributed by atoms with Gasteiger partial charge in [0.1, 0.15) is 15.5 Å². The van der Waals surface area contributed by atoms with Crippen molar-refractivity contribution in [2.45, 2.75) is 16.7 Å². The molecule has 0 radical (unpaired) electrons. The highest BCUT2D eigenvalue weighted by Gasteiger charge is 2.17. The van der Waals surface area contributed by atoms with Crippen molar-refractivity contribution in [2.24, 2.45) is 10.2 Å². The average Bonchev–Trinajstić information content (AvgIpc) is 2.44. The number of azo groups is 1. The molecule has 2 aromatic carbocycles. The smallest absolute Gasteiger partial charge is 0.296 e. The fraction of sp³-hybridized carbons (Fsp3) is 0.0769. The third-order valence-corrected chi connectivity index (χ3v) is 4.83. The van der Waals surface area contributed by atoms with E-state index < -0.39 is 30.0 Å². The Balaban J connectivity index is 2.56. The largest absolute Gasteiger partial charge is 0.398 e. The Hall–Kier alpha value is -2.34. The molecule has 0 aliphatic carbocycles. The summed E-state index contributed by atoms with van der Waals surface area (Å²) in [4.78, 5) is -0.984. The number of hydrogen-bond acceptors (Lipinski definition) is 7. The van der Waals surface area contributed by atoms with Gasteiger partial charge in [-0.1, -0.05) is 12.1 Å². The topological polar surface area (TPSA) is 159 Å². The summed E-state index contributed by atoms with van der Waals surface area (Å²) >= 11 is 0. The third kappa shape index (κ3) is 3.94. The number of nitrogen functional groups attached to an aromatic ring is 1. The second-order valence-electron chi connectivity index (χ2n) is 4.79. The van der Waals surface area contributed by atoms with Crippen molar-refractivity contribution < 1.29 is 25.9 Å². The maximum atomic E-state index is 11.3. The Kier molecular flexibility index (Phi) is 4.71. The summed E-state index contributed by atoms with van der Waals surface area (Å²) in [7, 11) is -9.05. The summed E-state index contributed by atoms with van der Waals surface area (Å²) in [5.74, 6) is 0. The van der Waals surface area contributed by atoms with Crippen LogP contribution in [-0.4, -0.2) is 25.9 Å². The highest BCUT2D eigenvalue weighted by atomic mass is 32.2. The van der Waals surface area contributed by atoms with Crippen molar-refractivity contribution in [3.05, 3.63) is 42.0 Å². The molecule has 0 aliphatic heterocycles. The van der Waals surface area contributed by atoms with Gasteiger partial charge in [0.2, 0.25) is 0 Å². The van der Waals surface area contributed by atoms with E-state index in [2.05, 4.69) is 10.2 Å². The molecule has 2 rings (SSSR count). The van der Waals surface area contributed by atoms with Crippen LogP contribution in [0.3, 0.4) is 0 Å². The molecule has 0 fully saturated rings. The van der Waals surface area contributed by atoms with E-state index in [4.69, 9.17) is 14.8 Å². The van der Waals surface area contributed by atoms with E-state index in [1.54, 1.807) is 6.92 Å². The second-order valence-corrected chi connectivity index (χ2v) is 7.57. The van der Waals surface area contributed by atoms with E-state index in [0.717, 1.165) is 12.1 Å². The summed E-state index contributed by atoms with van der Waals surface area (Å²) in [5, 5.41) is 7.51. The highest BCUT2D eigenvalue weighted by molar-refractivity contribution is 7.86. The minimum atomic E-state index is -4.55. The number of rotatable bonds is 4. The zero-order valence-corrected chi connectivity index (χ0v) is 13.9. The molecule has 24 heavy (non-hydrogen) atoms. The molecule has 0 saturated carbocycles. The zero-order chi connectivity index (χ0) is 18.1. The van der Waals surface area contributed by atoms with Crippen LogP contribution < -0.4 is 5.73 Å². The quantitative estimate of drug-likeness (QED) is 0.423. The Bertz CT molecular complexity index is 1030. The molecule has 0 saturated heterocycles. The first kappa shape index (κ1) is 18.0. The van der Waals surface area contributed by atoms with Gasteiger partial charge >= 0.3 is 0 Å². The Labute approximate surface area is 138 Å². The lowest BCUT2D eigenvalue weighted by Crippen LogP contribution is -2.03. The van der Waals surface area contributed by atoms with Gasteiger partial charge in [0.25, 0.3) is 20.2 Å². The predicted molar refractivity (Wildman–Crippen MR) is 85.8 cm³/mol. The van der Waals surface area contributed by atoms with Gasteiger partial charge in [-0.2, -0.15) is 21.9 Å². The number of aryl methyl sites for hydroxylation is 1. The van der Waals surface area contributed by atoms with Crippen LogP contribution >= 0.6 is 0 Å². The lowest BCUT2D eigenvalue weighted by molar-refractivity contribution is 0.481. The van der Waals surface area contributed by atoms with Crippen molar-refractivity contribution >= 4 is 37.3 Å². The first-order valence-corrected chi connectivity index (χ1v) is 9.24. The molecule has 128 valence electrons. The molecule has 0 heterocycles. The van der Waals surface area contributed by atoms with Crippen molar-refractivity contribution in [3.8, 4) is 0 Å². The third-order valence-electron chi connectivity index (χ3n) is 3.01. The van der Waals surface area contributed by atoms with E-state index in [0.29, 0.717) is 5.56 Å². The molecule has 0 aliphatic rings. The summed E-state index contributed by atoms with van der Waals surface area (Å²) in [6.45, 7) is 1.58. The van der Waals surface area contributed by atoms with Crippen molar-refractivity contribution in [3.63, 3.8) is 0 Å². The van der Waals surface area contributed by atoms with Crippen LogP contribution in [0.1, 0.15) is 5.56 Å². The van der Waals surface area contributed by atoms with Gasteiger partial charge in [0, 0.05) is 0 Å². The molecule has 11 heteroatoms. The molecule has 0 amide bonds. The van der Waals surface area contributed by atoms with E-state index >= 15 is 0 Å². The van der Waals surface area contributed by atoms with E-state index in [1.807, 2.05) is 0 Å². The lowest BCUT2D eigenvalue weighted by atomic mass is 10.2. The molecule has 0 atom stereocenters. The molecule has 0 aromatic heterocycles. The van der Waals surface area contributed by atoms with E-state index in [-0.39, 0.29) is 17.1 Å². The minimum Gasteiger partial charge on any atom is -0.398 e. The molecular weight excluding hydrogens is 358 g/mol. The van der Waals surface area contributed by atoms with E-state index in [9.17, 15) is 16.8 Å². The van der Waals surface area contributed by atoms with Crippen LogP contribution in [-0.2, 0) is 20.2 Å². The molecule has 2 aromatic rings. The van der Waals surface area contributed by atoms with Crippen LogP contribution in [0.4, 0.5) is 17.1 Å². The molecule has 0 spiro atoms. The maximum absolute atomic E-state index is 11.3. The summed E-state index contributed by atoms with van der Waals surface area (Å²) in [6.07, 6.45) is 0. The van der Waals surface area contributed by atoms with Crippen LogP contribution in [0.25, 0.3) is 0 Å². The van der Waals surface area contributed by atoms with Gasteiger partial charge in [-0.3, -0.25) is 9.11 Å². The summed E-state index contributed by atoms with van der Waals surface area (Å²) in [5.41, 5.74) is 5.76. The number of benzene rings is 2. The van der Waals surface area contributed by atoms with Crippen molar-refractivity contribution in [2.75, 3.05) is 5.73 Å². The van der Waals surface area contributed by atoms with Gasteiger partial charge in [0.15, 0.2) is 0 Å². The first-order chi connectivity index (χ1) is 11.0. The van der Waals surface area contributed by atoms with Gasteiger partial charge in [0.05, 0.1) is 11.4 Å². The Morgan fingerprint density at radius 1 is 0.875 bits per heavy atom. The zero-order valence-electron chi connectivity index (χ0n) is 12.3. The van der Waals surface area contributed by atoms with Crippen molar-refractivity contribution in [1.82, 2.24) is 0 Å². The van der Waals surface area contributed by atoms with Gasteiger partial charge < -0.3 is 5.73 Å². The Morgan fingerprint density at radius 3 is 2.00 bits per heavy atom.